The van der Waals surface area contributed by atoms with Crippen LogP contribution in [0.25, 0.3) is 0 Å². The molecule has 3 heterocycles. The number of oxazole rings is 1. The highest BCUT2D eigenvalue weighted by Gasteiger charge is 2.27. The van der Waals surface area contributed by atoms with Crippen molar-refractivity contribution in [2.75, 3.05) is 25.5 Å². The quantitative estimate of drug-likeness (QED) is 0.923. The van der Waals surface area contributed by atoms with Gasteiger partial charge in [-0.15, -0.1) is 0 Å². The molecule has 22 heavy (non-hydrogen) atoms. The first-order valence-electron chi connectivity index (χ1n) is 7.43. The van der Waals surface area contributed by atoms with E-state index in [4.69, 9.17) is 4.42 Å². The Morgan fingerprint density at radius 3 is 3.09 bits per heavy atom. The normalized spacial score (nSPS) is 18.2. The molecular weight excluding hydrogens is 282 g/mol. The van der Waals surface area contributed by atoms with E-state index < -0.39 is 0 Å². The number of amides is 1. The van der Waals surface area contributed by atoms with Gasteiger partial charge in [0, 0.05) is 32.5 Å². The lowest BCUT2D eigenvalue weighted by molar-refractivity contribution is 0.0641. The van der Waals surface area contributed by atoms with Crippen molar-refractivity contribution in [1.29, 1.82) is 0 Å². The first-order chi connectivity index (χ1) is 10.8. The molecule has 1 aliphatic rings. The lowest BCUT2D eigenvalue weighted by Gasteiger charge is -2.32. The van der Waals surface area contributed by atoms with Gasteiger partial charge in [0.05, 0.1) is 11.9 Å². The van der Waals surface area contributed by atoms with Crippen molar-refractivity contribution in [3.63, 3.8) is 0 Å². The van der Waals surface area contributed by atoms with Gasteiger partial charge in [-0.05, 0) is 25.2 Å². The number of hydrogen-bond acceptors (Lipinski definition) is 6. The van der Waals surface area contributed by atoms with E-state index in [1.807, 2.05) is 11.9 Å². The number of rotatable bonds is 4. The molecule has 1 atom stereocenters. The monoisotopic (exact) mass is 301 g/mol. The number of carbonyl (C=O) groups excluding carboxylic acids is 1. The molecule has 0 saturated carbocycles. The molecule has 3 rings (SSSR count). The summed E-state index contributed by atoms with van der Waals surface area (Å²) in [6.45, 7) is 1.47. The Bertz CT molecular complexity index is 629. The summed E-state index contributed by atoms with van der Waals surface area (Å²) in [7, 11) is 1.84. The van der Waals surface area contributed by atoms with Crippen molar-refractivity contribution >= 4 is 11.7 Å². The van der Waals surface area contributed by atoms with Crippen LogP contribution < -0.4 is 5.32 Å². The first-order valence-corrected chi connectivity index (χ1v) is 7.43. The van der Waals surface area contributed by atoms with Crippen LogP contribution in [0.15, 0.2) is 29.4 Å². The van der Waals surface area contributed by atoms with Crippen LogP contribution in [0.2, 0.25) is 0 Å². The zero-order valence-electron chi connectivity index (χ0n) is 12.5. The topological polar surface area (TPSA) is 84.2 Å². The highest BCUT2D eigenvalue weighted by molar-refractivity contribution is 5.91. The molecule has 0 radical (unpaired) electrons. The molecule has 2 aromatic rings. The first kappa shape index (κ1) is 14.5. The molecule has 7 nitrogen and oxygen atoms in total. The van der Waals surface area contributed by atoms with Crippen LogP contribution in [0.5, 0.6) is 0 Å². The molecule has 1 N–H and O–H groups in total. The summed E-state index contributed by atoms with van der Waals surface area (Å²) in [6, 6.07) is 0. The van der Waals surface area contributed by atoms with Crippen molar-refractivity contribution in [3.05, 3.63) is 36.4 Å². The van der Waals surface area contributed by atoms with Gasteiger partial charge in [-0.2, -0.15) is 0 Å². The van der Waals surface area contributed by atoms with Crippen molar-refractivity contribution in [2.45, 2.75) is 19.3 Å². The fourth-order valence-electron chi connectivity index (χ4n) is 2.89. The van der Waals surface area contributed by atoms with E-state index in [9.17, 15) is 4.79 Å². The minimum absolute atomic E-state index is 0.0878. The second-order valence-corrected chi connectivity index (χ2v) is 5.43. The maximum atomic E-state index is 12.3. The molecule has 1 saturated heterocycles. The van der Waals surface area contributed by atoms with E-state index in [0.29, 0.717) is 18.2 Å². The maximum Gasteiger partial charge on any atom is 0.291 e. The van der Waals surface area contributed by atoms with Gasteiger partial charge >= 0.3 is 0 Å². The summed E-state index contributed by atoms with van der Waals surface area (Å²) in [5.41, 5.74) is 0.948. The second kappa shape index (κ2) is 6.55. The van der Waals surface area contributed by atoms with E-state index in [1.165, 1.54) is 12.6 Å². The average molecular weight is 301 g/mol. The van der Waals surface area contributed by atoms with Crippen LogP contribution in [0.3, 0.4) is 0 Å². The third kappa shape index (κ3) is 3.08. The standard InChI is InChI=1S/C15H19N5O2/c1-16-14-12(18-4-5-19-14)7-11-3-2-6-20(9-11)15(21)13-8-17-10-22-13/h4-5,8,10-11H,2-3,6-7,9H2,1H3,(H,16,19)/t11-/m1/s1. The van der Waals surface area contributed by atoms with Crippen LogP contribution >= 0.6 is 0 Å². The predicted molar refractivity (Wildman–Crippen MR) is 80.4 cm³/mol. The van der Waals surface area contributed by atoms with Gasteiger partial charge in [-0.1, -0.05) is 0 Å². The van der Waals surface area contributed by atoms with Crippen molar-refractivity contribution in [2.24, 2.45) is 5.92 Å². The van der Waals surface area contributed by atoms with Gasteiger partial charge in [-0.3, -0.25) is 9.78 Å². The van der Waals surface area contributed by atoms with Crippen LogP contribution in [-0.4, -0.2) is 45.9 Å². The summed E-state index contributed by atoms with van der Waals surface area (Å²) < 4.78 is 5.10. The van der Waals surface area contributed by atoms with Gasteiger partial charge in [0.25, 0.3) is 5.91 Å². The van der Waals surface area contributed by atoms with E-state index in [1.54, 1.807) is 12.4 Å². The molecule has 0 unspecified atom stereocenters. The zero-order chi connectivity index (χ0) is 15.4. The van der Waals surface area contributed by atoms with Crippen LogP contribution in [0.4, 0.5) is 5.82 Å². The summed E-state index contributed by atoms with van der Waals surface area (Å²) in [6.07, 6.45) is 9.01. The summed E-state index contributed by atoms with van der Waals surface area (Å²) in [5.74, 6) is 1.40. The molecule has 1 fully saturated rings. The molecule has 0 aromatic carbocycles. The van der Waals surface area contributed by atoms with E-state index in [-0.39, 0.29) is 5.91 Å². The molecule has 1 amide bonds. The second-order valence-electron chi connectivity index (χ2n) is 5.43. The Morgan fingerprint density at radius 2 is 2.32 bits per heavy atom. The summed E-state index contributed by atoms with van der Waals surface area (Å²) in [4.78, 5) is 26.7. The molecule has 7 heteroatoms. The fourth-order valence-corrected chi connectivity index (χ4v) is 2.89. The number of carbonyl (C=O) groups is 1. The predicted octanol–water partition coefficient (Wildman–Crippen LogP) is 1.60. The number of nitrogens with zero attached hydrogens (tertiary/aromatic N) is 4. The highest BCUT2D eigenvalue weighted by atomic mass is 16.3. The van der Waals surface area contributed by atoms with E-state index in [0.717, 1.165) is 37.3 Å². The highest BCUT2D eigenvalue weighted by Crippen LogP contribution is 2.23. The lowest BCUT2D eigenvalue weighted by Crippen LogP contribution is -2.40. The summed E-state index contributed by atoms with van der Waals surface area (Å²) >= 11 is 0. The molecule has 0 bridgehead atoms. The number of hydrogen-bond donors (Lipinski definition) is 1. The molecule has 0 aliphatic carbocycles. The fraction of sp³-hybridized carbons (Fsp3) is 0.467. The Balaban J connectivity index is 1.67. The van der Waals surface area contributed by atoms with E-state index >= 15 is 0 Å². The maximum absolute atomic E-state index is 12.3. The zero-order valence-corrected chi connectivity index (χ0v) is 12.5. The van der Waals surface area contributed by atoms with Gasteiger partial charge in [-0.25, -0.2) is 9.97 Å². The third-order valence-electron chi connectivity index (χ3n) is 3.94. The minimum Gasteiger partial charge on any atom is -0.438 e. The molecule has 0 spiro atoms. The van der Waals surface area contributed by atoms with Crippen LogP contribution in [0.1, 0.15) is 29.1 Å². The average Bonchev–Trinajstić information content (AvgIpc) is 3.09. The third-order valence-corrected chi connectivity index (χ3v) is 3.94. The van der Waals surface area contributed by atoms with Crippen LogP contribution in [0, 0.1) is 5.92 Å². The SMILES string of the molecule is CNc1nccnc1C[C@H]1CCCN(C(=O)c2cnco2)C1. The lowest BCUT2D eigenvalue weighted by atomic mass is 9.93. The Morgan fingerprint density at radius 1 is 1.45 bits per heavy atom. The van der Waals surface area contributed by atoms with Crippen molar-refractivity contribution < 1.29 is 9.21 Å². The van der Waals surface area contributed by atoms with Gasteiger partial charge in [0.15, 0.2) is 6.39 Å². The number of anilines is 1. The number of likely N-dealkylation sites (tertiary alicyclic amines) is 1. The Hall–Kier alpha value is -2.44. The number of piperidine rings is 1. The van der Waals surface area contributed by atoms with Gasteiger partial charge in [0.1, 0.15) is 5.82 Å². The molecule has 2 aromatic heterocycles. The van der Waals surface area contributed by atoms with Gasteiger partial charge in [0.2, 0.25) is 5.76 Å². The van der Waals surface area contributed by atoms with Crippen molar-refractivity contribution in [1.82, 2.24) is 19.9 Å². The number of nitrogens with one attached hydrogen (secondary N) is 1. The van der Waals surface area contributed by atoms with Gasteiger partial charge < -0.3 is 14.6 Å². The van der Waals surface area contributed by atoms with Crippen LogP contribution in [-0.2, 0) is 6.42 Å². The van der Waals surface area contributed by atoms with E-state index in [2.05, 4.69) is 20.3 Å². The molecule has 116 valence electrons. The Labute approximate surface area is 128 Å². The van der Waals surface area contributed by atoms with Crippen molar-refractivity contribution in [3.8, 4) is 0 Å². The smallest absolute Gasteiger partial charge is 0.291 e. The largest absolute Gasteiger partial charge is 0.438 e. The summed E-state index contributed by atoms with van der Waals surface area (Å²) in [5, 5.41) is 3.06. The molecule has 1 aliphatic heterocycles. The minimum atomic E-state index is -0.0878. The Kier molecular flexibility index (Phi) is 4.32. The molecular formula is C15H19N5O2. The number of aromatic nitrogens is 3.